The van der Waals surface area contributed by atoms with Crippen LogP contribution in [0.4, 0.5) is 4.39 Å². The van der Waals surface area contributed by atoms with Crippen molar-refractivity contribution in [1.82, 2.24) is 10.9 Å². The lowest BCUT2D eigenvalue weighted by Gasteiger charge is -2.11. The molecule has 2 heterocycles. The molecule has 6 nitrogen and oxygen atoms in total. The van der Waals surface area contributed by atoms with Crippen molar-refractivity contribution in [1.29, 1.82) is 0 Å². The van der Waals surface area contributed by atoms with Crippen LogP contribution >= 0.6 is 38.9 Å². The minimum Gasteiger partial charge on any atom is -0.382 e. The van der Waals surface area contributed by atoms with Crippen LogP contribution in [0.5, 0.6) is 0 Å². The van der Waals surface area contributed by atoms with Crippen molar-refractivity contribution in [2.75, 3.05) is 0 Å². The molecule has 1 aromatic heterocycles. The molecule has 3 rings (SSSR count). The van der Waals surface area contributed by atoms with E-state index in [1.54, 1.807) is 12.1 Å². The molecule has 2 N–H and O–H groups in total. The van der Waals surface area contributed by atoms with Gasteiger partial charge in [0, 0.05) is 10.9 Å². The monoisotopic (exact) mass is 445 g/mol. The zero-order valence-corrected chi connectivity index (χ0v) is 15.5. The average Bonchev–Trinajstić information content (AvgIpc) is 3.21. The lowest BCUT2D eigenvalue weighted by Crippen LogP contribution is -2.46. The van der Waals surface area contributed by atoms with Crippen molar-refractivity contribution >= 4 is 56.4 Å². The van der Waals surface area contributed by atoms with E-state index in [4.69, 9.17) is 16.4 Å². The van der Waals surface area contributed by atoms with E-state index in [1.807, 2.05) is 0 Å². The Labute approximate surface area is 159 Å². The van der Waals surface area contributed by atoms with Gasteiger partial charge in [0.25, 0.3) is 11.8 Å². The zero-order chi connectivity index (χ0) is 18.0. The van der Waals surface area contributed by atoms with Crippen LogP contribution in [-0.4, -0.2) is 23.6 Å². The third-order valence-electron chi connectivity index (χ3n) is 3.29. The lowest BCUT2D eigenvalue weighted by atomic mass is 10.1. The summed E-state index contributed by atoms with van der Waals surface area (Å²) in [7, 11) is 0. The topological polar surface area (TPSA) is 79.8 Å². The molecule has 1 aromatic carbocycles. The summed E-state index contributed by atoms with van der Waals surface area (Å²) in [6, 6.07) is 7.13. The van der Waals surface area contributed by atoms with Gasteiger partial charge in [-0.3, -0.25) is 20.4 Å². The van der Waals surface area contributed by atoms with Gasteiger partial charge < -0.3 is 4.84 Å². The van der Waals surface area contributed by atoms with Crippen molar-refractivity contribution in [3.8, 4) is 0 Å². The number of hydrogen-bond donors (Lipinski definition) is 2. The number of hydrazine groups is 1. The van der Waals surface area contributed by atoms with Gasteiger partial charge in [-0.15, -0.1) is 11.3 Å². The molecule has 10 heteroatoms. The predicted molar refractivity (Wildman–Crippen MR) is 95.1 cm³/mol. The number of rotatable bonds is 3. The maximum absolute atomic E-state index is 13.0. The van der Waals surface area contributed by atoms with Gasteiger partial charge in [-0.05, 0) is 46.3 Å². The first-order valence-corrected chi connectivity index (χ1v) is 8.96. The summed E-state index contributed by atoms with van der Waals surface area (Å²) in [5, 5.41) is 3.88. The highest BCUT2D eigenvalue weighted by molar-refractivity contribution is 9.10. The molecule has 2 aromatic rings. The third kappa shape index (κ3) is 4.17. The van der Waals surface area contributed by atoms with Crippen molar-refractivity contribution in [2.45, 2.75) is 12.5 Å². The summed E-state index contributed by atoms with van der Waals surface area (Å²) < 4.78 is 13.9. The second-order valence-electron chi connectivity index (χ2n) is 5.01. The number of nitrogens with zero attached hydrogens (tertiary/aromatic N) is 1. The number of thiophene rings is 1. The summed E-state index contributed by atoms with van der Waals surface area (Å²) in [6.45, 7) is 0. The Hall–Kier alpha value is -1.97. The Kier molecular flexibility index (Phi) is 5.36. The molecule has 130 valence electrons. The fourth-order valence-corrected chi connectivity index (χ4v) is 3.64. The van der Waals surface area contributed by atoms with E-state index in [1.165, 1.54) is 17.4 Å². The molecule has 25 heavy (non-hydrogen) atoms. The van der Waals surface area contributed by atoms with Crippen LogP contribution in [-0.2, 0) is 9.63 Å². The fraction of sp³-hybridized carbons (Fsp3) is 0.133. The van der Waals surface area contributed by atoms with E-state index in [0.29, 0.717) is 10.0 Å². The van der Waals surface area contributed by atoms with Crippen LogP contribution in [0.2, 0.25) is 4.34 Å². The van der Waals surface area contributed by atoms with E-state index in [-0.39, 0.29) is 16.5 Å². The molecular formula is C15H10BrClFN3O3S. The molecular weight excluding hydrogens is 437 g/mol. The zero-order valence-electron chi connectivity index (χ0n) is 12.4. The van der Waals surface area contributed by atoms with E-state index in [9.17, 15) is 14.0 Å². The molecule has 0 radical (unpaired) electrons. The number of benzene rings is 1. The number of nitrogens with one attached hydrogen (secondary N) is 2. The van der Waals surface area contributed by atoms with E-state index < -0.39 is 23.7 Å². The number of halogens is 3. The molecule has 1 aliphatic rings. The number of amides is 2. The summed E-state index contributed by atoms with van der Waals surface area (Å²) in [6.07, 6.45) is -0.591. The fourth-order valence-electron chi connectivity index (χ4n) is 2.07. The van der Waals surface area contributed by atoms with Gasteiger partial charge in [0.2, 0.25) is 6.10 Å². The van der Waals surface area contributed by atoms with E-state index >= 15 is 0 Å². The SMILES string of the molecule is O=C(NNC(=O)[C@H]1CC(c2ccc(Cl)s2)=NO1)c1ccc(F)cc1Br. The molecule has 1 aliphatic heterocycles. The highest BCUT2D eigenvalue weighted by atomic mass is 79.9. The van der Waals surface area contributed by atoms with Gasteiger partial charge in [0.1, 0.15) is 11.5 Å². The van der Waals surface area contributed by atoms with Crippen LogP contribution in [0, 0.1) is 5.82 Å². The standard InChI is InChI=1S/C15H10BrClFN3O3S/c16-9-5-7(18)1-2-8(9)14(22)19-20-15(23)11-6-10(21-24-11)12-3-4-13(17)25-12/h1-5,11H,6H2,(H,19,22)(H,20,23)/t11-/m1/s1. The third-order valence-corrected chi connectivity index (χ3v) is 5.23. The molecule has 0 unspecified atom stereocenters. The highest BCUT2D eigenvalue weighted by Crippen LogP contribution is 2.26. The van der Waals surface area contributed by atoms with Gasteiger partial charge in [-0.25, -0.2) is 4.39 Å². The first kappa shape index (κ1) is 17.8. The molecule has 1 atom stereocenters. The Morgan fingerprint density at radius 3 is 2.80 bits per heavy atom. The second-order valence-corrected chi connectivity index (χ2v) is 7.58. The maximum atomic E-state index is 13.0. The summed E-state index contributed by atoms with van der Waals surface area (Å²) >= 11 is 10.3. The van der Waals surface area contributed by atoms with E-state index in [2.05, 4.69) is 31.9 Å². The van der Waals surface area contributed by atoms with Gasteiger partial charge in [-0.1, -0.05) is 16.8 Å². The van der Waals surface area contributed by atoms with E-state index in [0.717, 1.165) is 17.0 Å². The first-order chi connectivity index (χ1) is 11.9. The maximum Gasteiger partial charge on any atom is 0.282 e. The minimum absolute atomic E-state index is 0.180. The lowest BCUT2D eigenvalue weighted by molar-refractivity contribution is -0.131. The Balaban J connectivity index is 1.54. The van der Waals surface area contributed by atoms with Crippen LogP contribution in [0.1, 0.15) is 21.7 Å². The summed E-state index contributed by atoms with van der Waals surface area (Å²) in [4.78, 5) is 30.0. The minimum atomic E-state index is -0.854. The van der Waals surface area contributed by atoms with Gasteiger partial charge in [-0.2, -0.15) is 0 Å². The van der Waals surface area contributed by atoms with Crippen molar-refractivity contribution in [3.05, 3.63) is 55.4 Å². The van der Waals surface area contributed by atoms with Gasteiger partial charge in [0.05, 0.1) is 14.8 Å². The highest BCUT2D eigenvalue weighted by Gasteiger charge is 2.30. The van der Waals surface area contributed by atoms with Crippen molar-refractivity contribution in [3.63, 3.8) is 0 Å². The number of hydrogen-bond acceptors (Lipinski definition) is 5. The normalized spacial score (nSPS) is 16.1. The average molecular weight is 447 g/mol. The number of carbonyl (C=O) groups is 2. The predicted octanol–water partition coefficient (Wildman–Crippen LogP) is 3.26. The molecule has 0 spiro atoms. The van der Waals surface area contributed by atoms with Crippen molar-refractivity contribution < 1.29 is 18.8 Å². The van der Waals surface area contributed by atoms with Crippen LogP contribution < -0.4 is 10.9 Å². The number of oxime groups is 1. The van der Waals surface area contributed by atoms with Crippen molar-refractivity contribution in [2.24, 2.45) is 5.16 Å². The van der Waals surface area contributed by atoms with Gasteiger partial charge >= 0.3 is 0 Å². The number of carbonyl (C=O) groups excluding carboxylic acids is 2. The van der Waals surface area contributed by atoms with Gasteiger partial charge in [0.15, 0.2) is 0 Å². The smallest absolute Gasteiger partial charge is 0.282 e. The first-order valence-electron chi connectivity index (χ1n) is 6.97. The molecule has 0 saturated carbocycles. The molecule has 0 bridgehead atoms. The van der Waals surface area contributed by atoms with Crippen LogP contribution in [0.25, 0.3) is 0 Å². The largest absolute Gasteiger partial charge is 0.382 e. The van der Waals surface area contributed by atoms with Crippen LogP contribution in [0.15, 0.2) is 40.0 Å². The molecule has 0 aliphatic carbocycles. The molecule has 0 fully saturated rings. The Bertz CT molecular complexity index is 873. The quantitative estimate of drug-likeness (QED) is 0.710. The Morgan fingerprint density at radius 2 is 2.12 bits per heavy atom. The summed E-state index contributed by atoms with van der Waals surface area (Å²) in [5.74, 6) is -1.62. The second kappa shape index (κ2) is 7.51. The Morgan fingerprint density at radius 1 is 1.32 bits per heavy atom. The molecule has 0 saturated heterocycles. The summed E-state index contributed by atoms with van der Waals surface area (Å²) in [5.41, 5.74) is 5.32. The van der Waals surface area contributed by atoms with Crippen LogP contribution in [0.3, 0.4) is 0 Å². The molecule has 2 amide bonds.